The van der Waals surface area contributed by atoms with Crippen LogP contribution in [-0.4, -0.2) is 60.2 Å². The minimum Gasteiger partial charge on any atom is -0.495 e. The van der Waals surface area contributed by atoms with Gasteiger partial charge in [0.05, 0.1) is 24.6 Å². The third-order valence-electron chi connectivity index (χ3n) is 6.49. The summed E-state index contributed by atoms with van der Waals surface area (Å²) < 4.78 is 5.44. The molecule has 1 saturated carbocycles. The van der Waals surface area contributed by atoms with Crippen molar-refractivity contribution in [3.05, 3.63) is 30.0 Å². The van der Waals surface area contributed by atoms with Crippen molar-refractivity contribution in [3.8, 4) is 5.75 Å². The van der Waals surface area contributed by atoms with Crippen molar-refractivity contribution in [1.29, 1.82) is 0 Å². The van der Waals surface area contributed by atoms with Crippen LogP contribution in [0, 0.1) is 0 Å². The molecule has 1 N–H and O–H groups in total. The number of carboxylic acid groups (broad SMARTS) is 1. The lowest BCUT2D eigenvalue weighted by molar-refractivity contribution is -0.120. The van der Waals surface area contributed by atoms with Crippen molar-refractivity contribution < 1.29 is 19.4 Å². The van der Waals surface area contributed by atoms with Crippen LogP contribution in [0.5, 0.6) is 5.75 Å². The fourth-order valence-corrected chi connectivity index (χ4v) is 4.73. The van der Waals surface area contributed by atoms with E-state index < -0.39 is 5.97 Å². The lowest BCUT2D eigenvalue weighted by atomic mass is 10.0. The largest absolute Gasteiger partial charge is 0.495 e. The molecular formula is C23H29N5O4. The second kappa shape index (κ2) is 8.64. The molecule has 1 aliphatic heterocycles. The van der Waals surface area contributed by atoms with E-state index in [9.17, 15) is 14.7 Å². The summed E-state index contributed by atoms with van der Waals surface area (Å²) in [6, 6.07) is 4.74. The number of amides is 1. The molecule has 1 aromatic heterocycles. The predicted octanol–water partition coefficient (Wildman–Crippen LogP) is 3.46. The topological polar surface area (TPSA) is 99.1 Å². The number of carboxylic acids is 1. The highest BCUT2D eigenvalue weighted by Gasteiger charge is 2.41. The third kappa shape index (κ3) is 3.61. The summed E-state index contributed by atoms with van der Waals surface area (Å²) in [5, 5.41) is 9.28. The van der Waals surface area contributed by atoms with Crippen LogP contribution in [0.25, 0.3) is 0 Å². The minimum atomic E-state index is -1.02. The molecule has 2 aliphatic rings. The molecule has 1 aliphatic carbocycles. The molecule has 0 saturated heterocycles. The third-order valence-corrected chi connectivity index (χ3v) is 6.49. The number of methoxy groups -OCH3 is 1. The zero-order chi connectivity index (χ0) is 23.0. The van der Waals surface area contributed by atoms with E-state index >= 15 is 0 Å². The van der Waals surface area contributed by atoms with Gasteiger partial charge in [0, 0.05) is 20.1 Å². The second-order valence-electron chi connectivity index (χ2n) is 8.30. The Hall–Kier alpha value is -3.36. The Morgan fingerprint density at radius 2 is 2.03 bits per heavy atom. The van der Waals surface area contributed by atoms with E-state index in [2.05, 4.69) is 9.88 Å². The Balaban J connectivity index is 1.78. The molecule has 2 aromatic rings. The zero-order valence-corrected chi connectivity index (χ0v) is 18.9. The molecule has 1 atom stereocenters. The van der Waals surface area contributed by atoms with Crippen LogP contribution in [0.1, 0.15) is 49.4 Å². The van der Waals surface area contributed by atoms with Gasteiger partial charge in [0.25, 0.3) is 0 Å². The Labute approximate surface area is 187 Å². The number of rotatable bonds is 6. The molecule has 2 heterocycles. The zero-order valence-electron chi connectivity index (χ0n) is 18.9. The van der Waals surface area contributed by atoms with Gasteiger partial charge in [-0.1, -0.05) is 19.8 Å². The quantitative estimate of drug-likeness (QED) is 0.731. The summed E-state index contributed by atoms with van der Waals surface area (Å²) >= 11 is 0. The molecular weight excluding hydrogens is 410 g/mol. The highest BCUT2D eigenvalue weighted by molar-refractivity contribution is 6.04. The molecule has 4 rings (SSSR count). The molecule has 1 fully saturated rings. The van der Waals surface area contributed by atoms with E-state index in [1.54, 1.807) is 29.1 Å². The minimum absolute atomic E-state index is 0.0718. The van der Waals surface area contributed by atoms with Gasteiger partial charge in [-0.2, -0.15) is 4.98 Å². The van der Waals surface area contributed by atoms with E-state index in [0.717, 1.165) is 31.5 Å². The number of hydrogen-bond donors (Lipinski definition) is 1. The first kappa shape index (κ1) is 21.9. The van der Waals surface area contributed by atoms with E-state index in [0.29, 0.717) is 29.5 Å². The highest BCUT2D eigenvalue weighted by atomic mass is 16.5. The molecule has 170 valence electrons. The number of hydrogen-bond acceptors (Lipinski definition) is 7. The number of nitrogens with zero attached hydrogens (tertiary/aromatic N) is 5. The fraction of sp³-hybridized carbons (Fsp3) is 0.478. The number of ether oxygens (including phenoxy) is 1. The van der Waals surface area contributed by atoms with Gasteiger partial charge in [-0.15, -0.1) is 0 Å². The first-order chi connectivity index (χ1) is 15.4. The SMILES string of the molecule is CCC1C(=O)N(C)c2cnc(N(C)c3ccc(C(=O)O)cc3OC)nc2N1C1CCCC1. The van der Waals surface area contributed by atoms with Crippen molar-refractivity contribution in [2.24, 2.45) is 0 Å². The van der Waals surface area contributed by atoms with Crippen LogP contribution in [-0.2, 0) is 4.79 Å². The number of likely N-dealkylation sites (N-methyl/N-ethyl adjacent to an activating group) is 1. The molecule has 1 unspecified atom stereocenters. The lowest BCUT2D eigenvalue weighted by Crippen LogP contribution is -2.55. The number of carbonyl (C=O) groups excluding carboxylic acids is 1. The van der Waals surface area contributed by atoms with Gasteiger partial charge in [0.15, 0.2) is 5.82 Å². The maximum Gasteiger partial charge on any atom is 0.335 e. The average molecular weight is 440 g/mol. The molecule has 0 spiro atoms. The van der Waals surface area contributed by atoms with Crippen LogP contribution in [0.2, 0.25) is 0 Å². The van der Waals surface area contributed by atoms with Gasteiger partial charge in [-0.3, -0.25) is 4.79 Å². The first-order valence-corrected chi connectivity index (χ1v) is 10.9. The van der Waals surface area contributed by atoms with Crippen LogP contribution in [0.15, 0.2) is 24.4 Å². The maximum absolute atomic E-state index is 13.1. The van der Waals surface area contributed by atoms with Crippen molar-refractivity contribution in [1.82, 2.24) is 9.97 Å². The molecule has 9 heteroatoms. The average Bonchev–Trinajstić information content (AvgIpc) is 3.34. The van der Waals surface area contributed by atoms with Gasteiger partial charge < -0.3 is 24.5 Å². The fourth-order valence-electron chi connectivity index (χ4n) is 4.73. The molecule has 1 amide bonds. The van der Waals surface area contributed by atoms with Crippen LogP contribution in [0.3, 0.4) is 0 Å². The predicted molar refractivity (Wildman–Crippen MR) is 122 cm³/mol. The number of aromatic carboxylic acids is 1. The Morgan fingerprint density at radius 3 is 2.66 bits per heavy atom. The molecule has 1 aromatic carbocycles. The highest BCUT2D eigenvalue weighted by Crippen LogP contribution is 2.41. The molecule has 0 bridgehead atoms. The standard InChI is InChI=1S/C23H29N5O4/c1-5-16-21(29)26(2)18-13-24-23(25-20(18)28(16)15-8-6-7-9-15)27(3)17-11-10-14(22(30)31)12-19(17)32-4/h10-13,15-16H,5-9H2,1-4H3,(H,30,31). The summed E-state index contributed by atoms with van der Waals surface area (Å²) in [4.78, 5) is 39.4. The number of carbonyl (C=O) groups is 2. The molecule has 0 radical (unpaired) electrons. The normalized spacial score (nSPS) is 18.6. The number of anilines is 4. The van der Waals surface area contributed by atoms with Crippen LogP contribution >= 0.6 is 0 Å². The monoisotopic (exact) mass is 439 g/mol. The van der Waals surface area contributed by atoms with Crippen molar-refractivity contribution >= 4 is 35.0 Å². The summed E-state index contributed by atoms with van der Waals surface area (Å²) in [5.74, 6) is 0.685. The summed E-state index contributed by atoms with van der Waals surface area (Å²) in [7, 11) is 5.09. The Bertz CT molecular complexity index is 1040. The van der Waals surface area contributed by atoms with Gasteiger partial charge in [-0.25, -0.2) is 9.78 Å². The van der Waals surface area contributed by atoms with Gasteiger partial charge in [0.1, 0.15) is 17.5 Å². The van der Waals surface area contributed by atoms with Crippen molar-refractivity contribution in [3.63, 3.8) is 0 Å². The Kier molecular flexibility index (Phi) is 5.90. The molecule has 32 heavy (non-hydrogen) atoms. The lowest BCUT2D eigenvalue weighted by Gasteiger charge is -2.43. The number of benzene rings is 1. The first-order valence-electron chi connectivity index (χ1n) is 10.9. The number of fused-ring (bicyclic) bond motifs is 1. The van der Waals surface area contributed by atoms with Crippen molar-refractivity contribution in [2.75, 3.05) is 35.9 Å². The maximum atomic E-state index is 13.1. The van der Waals surface area contributed by atoms with E-state index in [-0.39, 0.29) is 23.6 Å². The van der Waals surface area contributed by atoms with Crippen molar-refractivity contribution in [2.45, 2.75) is 51.1 Å². The van der Waals surface area contributed by atoms with E-state index in [1.807, 2.05) is 14.0 Å². The van der Waals surface area contributed by atoms with Gasteiger partial charge >= 0.3 is 5.97 Å². The van der Waals surface area contributed by atoms with Crippen LogP contribution < -0.4 is 19.4 Å². The smallest absolute Gasteiger partial charge is 0.335 e. The van der Waals surface area contributed by atoms with E-state index in [4.69, 9.17) is 9.72 Å². The van der Waals surface area contributed by atoms with Gasteiger partial charge in [0.2, 0.25) is 11.9 Å². The second-order valence-corrected chi connectivity index (χ2v) is 8.30. The van der Waals surface area contributed by atoms with Gasteiger partial charge in [-0.05, 0) is 37.5 Å². The summed E-state index contributed by atoms with van der Waals surface area (Å²) in [6.45, 7) is 2.03. The van der Waals surface area contributed by atoms with E-state index in [1.165, 1.54) is 19.2 Å². The Morgan fingerprint density at radius 1 is 1.31 bits per heavy atom. The molecule has 9 nitrogen and oxygen atoms in total. The summed E-state index contributed by atoms with van der Waals surface area (Å²) in [6.07, 6.45) is 6.81. The summed E-state index contributed by atoms with van der Waals surface area (Å²) in [5.41, 5.74) is 1.50. The number of aromatic nitrogens is 2. The van der Waals surface area contributed by atoms with Crippen LogP contribution in [0.4, 0.5) is 23.1 Å².